The van der Waals surface area contributed by atoms with Crippen LogP contribution in [0.4, 0.5) is 0 Å². The fourth-order valence-electron chi connectivity index (χ4n) is 3.99. The molecule has 0 amide bonds. The molecule has 0 radical (unpaired) electrons. The fourth-order valence-corrected chi connectivity index (χ4v) is 3.99. The first-order valence-electron chi connectivity index (χ1n) is 10.5. The molecule has 3 aromatic heterocycles. The molecule has 3 heterocycles. The van der Waals surface area contributed by atoms with E-state index in [1.54, 1.807) is 0 Å². The van der Waals surface area contributed by atoms with Crippen molar-refractivity contribution in [2.45, 2.75) is 26.8 Å². The van der Waals surface area contributed by atoms with Gasteiger partial charge in [0.05, 0.1) is 11.0 Å². The van der Waals surface area contributed by atoms with Gasteiger partial charge in [-0.05, 0) is 55.8 Å². The molecule has 0 atom stereocenters. The molecule has 2 aromatic carbocycles. The number of para-hydroxylation sites is 1. The second kappa shape index (κ2) is 8.11. The van der Waals surface area contributed by atoms with Gasteiger partial charge in [0.15, 0.2) is 0 Å². The number of nitrogens with one attached hydrogen (secondary N) is 1. The molecule has 5 rings (SSSR count). The topological polar surface area (TPSA) is 55.7 Å². The van der Waals surface area contributed by atoms with E-state index in [1.165, 1.54) is 11.3 Å². The van der Waals surface area contributed by atoms with Crippen molar-refractivity contribution in [3.8, 4) is 22.9 Å². The Kier molecular flexibility index (Phi) is 5.00. The second-order valence-electron chi connectivity index (χ2n) is 7.72. The maximum Gasteiger partial charge on any atom is 0.140 e. The quantitative estimate of drug-likeness (QED) is 0.370. The number of H-pyrrole nitrogens is 1. The van der Waals surface area contributed by atoms with Crippen LogP contribution in [0.3, 0.4) is 0 Å². The molecule has 5 nitrogen and oxygen atoms in total. The third-order valence-electron chi connectivity index (χ3n) is 5.54. The van der Waals surface area contributed by atoms with Crippen LogP contribution >= 0.6 is 0 Å². The first-order valence-corrected chi connectivity index (χ1v) is 10.5. The summed E-state index contributed by atoms with van der Waals surface area (Å²) in [5, 5.41) is 0. The predicted molar refractivity (Wildman–Crippen MR) is 123 cm³/mol. The van der Waals surface area contributed by atoms with E-state index in [0.29, 0.717) is 0 Å². The average molecular weight is 409 g/mol. The van der Waals surface area contributed by atoms with Gasteiger partial charge in [-0.1, -0.05) is 24.3 Å². The van der Waals surface area contributed by atoms with Gasteiger partial charge in [-0.15, -0.1) is 0 Å². The summed E-state index contributed by atoms with van der Waals surface area (Å²) in [4.78, 5) is 12.8. The zero-order valence-electron chi connectivity index (χ0n) is 17.7. The summed E-state index contributed by atoms with van der Waals surface area (Å²) in [7, 11) is 0. The summed E-state index contributed by atoms with van der Waals surface area (Å²) < 4.78 is 8.26. The third-order valence-corrected chi connectivity index (χ3v) is 5.54. The lowest BCUT2D eigenvalue weighted by Crippen LogP contribution is -2.03. The molecule has 0 aliphatic carbocycles. The van der Waals surface area contributed by atoms with Crippen LogP contribution in [0.2, 0.25) is 0 Å². The Morgan fingerprint density at radius 2 is 1.77 bits per heavy atom. The van der Waals surface area contributed by atoms with Gasteiger partial charge >= 0.3 is 0 Å². The van der Waals surface area contributed by atoms with Gasteiger partial charge in [0.25, 0.3) is 0 Å². The average Bonchev–Trinajstić information content (AvgIpc) is 3.32. The zero-order valence-corrected chi connectivity index (χ0v) is 17.7. The molecule has 0 unspecified atom stereocenters. The monoisotopic (exact) mass is 408 g/mol. The summed E-state index contributed by atoms with van der Waals surface area (Å²) in [6.45, 7) is 5.17. The van der Waals surface area contributed by atoms with E-state index in [-0.39, 0.29) is 0 Å². The number of hydrogen-bond acceptors (Lipinski definition) is 3. The van der Waals surface area contributed by atoms with Crippen molar-refractivity contribution in [1.29, 1.82) is 0 Å². The van der Waals surface area contributed by atoms with Crippen LogP contribution in [-0.2, 0) is 13.0 Å². The van der Waals surface area contributed by atoms with E-state index in [4.69, 9.17) is 9.72 Å². The second-order valence-corrected chi connectivity index (χ2v) is 7.72. The van der Waals surface area contributed by atoms with Crippen LogP contribution in [-0.4, -0.2) is 19.5 Å². The van der Waals surface area contributed by atoms with Crippen LogP contribution in [0.25, 0.3) is 22.4 Å². The smallest absolute Gasteiger partial charge is 0.140 e. The highest BCUT2D eigenvalue weighted by molar-refractivity contribution is 5.82. The molecular weight excluding hydrogens is 384 g/mol. The number of rotatable bonds is 6. The first-order chi connectivity index (χ1) is 15.2. The van der Waals surface area contributed by atoms with Crippen molar-refractivity contribution in [2.75, 3.05) is 0 Å². The lowest BCUT2D eigenvalue weighted by molar-refractivity contribution is 0.483. The van der Waals surface area contributed by atoms with Crippen molar-refractivity contribution in [1.82, 2.24) is 19.5 Å². The third kappa shape index (κ3) is 3.94. The standard InChI is InChI=1S/C26H24N4O/c1-18-17-30(15-13-20-8-6-7-14-27-20)19(2)25(18)26-28-23-12-11-22(16-24(23)29-26)31-21-9-4-3-5-10-21/h3-12,14,16-17H,13,15H2,1-2H3,(H,28,29). The Bertz CT molecular complexity index is 1320. The molecule has 0 saturated heterocycles. The van der Waals surface area contributed by atoms with E-state index in [2.05, 4.69) is 40.6 Å². The van der Waals surface area contributed by atoms with Crippen molar-refractivity contribution in [3.63, 3.8) is 0 Å². The number of imidazole rings is 1. The minimum absolute atomic E-state index is 0.787. The van der Waals surface area contributed by atoms with Gasteiger partial charge < -0.3 is 14.3 Å². The molecule has 154 valence electrons. The number of benzene rings is 2. The minimum Gasteiger partial charge on any atom is -0.457 e. The Hall–Kier alpha value is -3.86. The zero-order chi connectivity index (χ0) is 21.2. The molecule has 0 aliphatic rings. The van der Waals surface area contributed by atoms with E-state index in [0.717, 1.165) is 52.6 Å². The van der Waals surface area contributed by atoms with Gasteiger partial charge in [-0.3, -0.25) is 4.98 Å². The number of nitrogens with zero attached hydrogens (tertiary/aromatic N) is 3. The van der Waals surface area contributed by atoms with Crippen molar-refractivity contribution >= 4 is 11.0 Å². The molecule has 0 saturated carbocycles. The number of ether oxygens (including phenoxy) is 1. The van der Waals surface area contributed by atoms with Crippen LogP contribution in [0.5, 0.6) is 11.5 Å². The van der Waals surface area contributed by atoms with Crippen LogP contribution in [0.1, 0.15) is 17.0 Å². The molecule has 1 N–H and O–H groups in total. The highest BCUT2D eigenvalue weighted by atomic mass is 16.5. The minimum atomic E-state index is 0.787. The lowest BCUT2D eigenvalue weighted by Gasteiger charge is -2.06. The van der Waals surface area contributed by atoms with Crippen LogP contribution in [0, 0.1) is 13.8 Å². The number of aromatic nitrogens is 4. The van der Waals surface area contributed by atoms with Crippen LogP contribution in [0.15, 0.2) is 79.1 Å². The van der Waals surface area contributed by atoms with E-state index >= 15 is 0 Å². The predicted octanol–water partition coefficient (Wildman–Crippen LogP) is 6.08. The van der Waals surface area contributed by atoms with E-state index in [1.807, 2.05) is 66.9 Å². The van der Waals surface area contributed by atoms with Crippen molar-refractivity contribution in [3.05, 3.63) is 96.1 Å². The van der Waals surface area contributed by atoms with E-state index in [9.17, 15) is 0 Å². The van der Waals surface area contributed by atoms with E-state index < -0.39 is 0 Å². The number of hydrogen-bond donors (Lipinski definition) is 1. The number of aryl methyl sites for hydroxylation is 3. The molecule has 5 heteroatoms. The fraction of sp³-hybridized carbons (Fsp3) is 0.154. The van der Waals surface area contributed by atoms with Gasteiger partial charge in [0.1, 0.15) is 17.3 Å². The van der Waals surface area contributed by atoms with Gasteiger partial charge in [0, 0.05) is 48.4 Å². The largest absolute Gasteiger partial charge is 0.457 e. The van der Waals surface area contributed by atoms with Gasteiger partial charge in [-0.2, -0.15) is 0 Å². The molecule has 0 aliphatic heterocycles. The summed E-state index contributed by atoms with van der Waals surface area (Å²) in [5.74, 6) is 2.49. The summed E-state index contributed by atoms with van der Waals surface area (Å²) in [5.41, 5.74) is 6.55. The van der Waals surface area contributed by atoms with Gasteiger partial charge in [0.2, 0.25) is 0 Å². The summed E-state index contributed by atoms with van der Waals surface area (Å²) in [6, 6.07) is 21.8. The molecule has 0 fully saturated rings. The summed E-state index contributed by atoms with van der Waals surface area (Å²) >= 11 is 0. The summed E-state index contributed by atoms with van der Waals surface area (Å²) in [6.07, 6.45) is 4.94. The maximum absolute atomic E-state index is 5.97. The Morgan fingerprint density at radius 3 is 2.58 bits per heavy atom. The first kappa shape index (κ1) is 19.1. The van der Waals surface area contributed by atoms with Crippen LogP contribution < -0.4 is 4.74 Å². The molecular formula is C26H24N4O. The number of fused-ring (bicyclic) bond motifs is 1. The Balaban J connectivity index is 1.41. The Labute approximate surface area is 181 Å². The molecule has 0 bridgehead atoms. The highest BCUT2D eigenvalue weighted by Gasteiger charge is 2.16. The van der Waals surface area contributed by atoms with Crippen molar-refractivity contribution in [2.24, 2.45) is 0 Å². The molecule has 0 spiro atoms. The highest BCUT2D eigenvalue weighted by Crippen LogP contribution is 2.31. The number of aromatic amines is 1. The maximum atomic E-state index is 5.97. The van der Waals surface area contributed by atoms with Crippen molar-refractivity contribution < 1.29 is 4.74 Å². The number of pyridine rings is 1. The SMILES string of the molecule is Cc1cn(CCc2ccccn2)c(C)c1-c1nc2ccc(Oc3ccccc3)cc2[nH]1. The molecule has 31 heavy (non-hydrogen) atoms. The lowest BCUT2D eigenvalue weighted by atomic mass is 10.1. The normalized spacial score (nSPS) is 11.2. The Morgan fingerprint density at radius 1 is 0.935 bits per heavy atom. The van der Waals surface area contributed by atoms with Gasteiger partial charge in [-0.25, -0.2) is 4.98 Å². The molecule has 5 aromatic rings.